The minimum atomic E-state index is -0.847. The Morgan fingerprint density at radius 3 is 2.68 bits per heavy atom. The number of rotatable bonds is 4. The van der Waals surface area contributed by atoms with E-state index in [2.05, 4.69) is 10.5 Å². The Bertz CT molecular complexity index is 512. The fraction of sp³-hybridized carbons (Fsp3) is 0.385. The first kappa shape index (κ1) is 13.7. The second kappa shape index (κ2) is 5.52. The van der Waals surface area contributed by atoms with Gasteiger partial charge in [-0.25, -0.2) is 0 Å². The zero-order valence-electron chi connectivity index (χ0n) is 10.7. The highest BCUT2D eigenvalue weighted by atomic mass is 32.2. The Hall–Kier alpha value is -1.69. The van der Waals surface area contributed by atoms with E-state index in [4.69, 9.17) is 10.9 Å². The number of anilines is 1. The van der Waals surface area contributed by atoms with Crippen molar-refractivity contribution in [2.24, 2.45) is 16.3 Å². The lowest BCUT2D eigenvalue weighted by Crippen LogP contribution is -2.51. The second-order valence-electron chi connectivity index (χ2n) is 4.58. The number of oxime groups is 1. The van der Waals surface area contributed by atoms with Gasteiger partial charge in [0, 0.05) is 4.90 Å². The summed E-state index contributed by atoms with van der Waals surface area (Å²) in [6.07, 6.45) is 4.10. The summed E-state index contributed by atoms with van der Waals surface area (Å²) < 4.78 is 0. The van der Waals surface area contributed by atoms with Gasteiger partial charge in [0.25, 0.3) is 0 Å². The standard InChI is InChI=1S/C13H17N3O2S/c1-19-10-6-3-2-5-9(10)15-12(17)13(7-4-8-13)11(14)16-18/h2-3,5-6,18H,4,7-8H2,1H3,(H2,14,16)(H,15,17). The third kappa shape index (κ3) is 2.40. The van der Waals surface area contributed by atoms with Gasteiger partial charge in [-0.15, -0.1) is 11.8 Å². The van der Waals surface area contributed by atoms with Crippen LogP contribution in [0, 0.1) is 5.41 Å². The first-order valence-electron chi connectivity index (χ1n) is 6.06. The first-order chi connectivity index (χ1) is 9.14. The van der Waals surface area contributed by atoms with Gasteiger partial charge in [0.05, 0.1) is 5.69 Å². The molecule has 1 amide bonds. The number of hydrogen-bond acceptors (Lipinski definition) is 4. The minimum absolute atomic E-state index is 0.00196. The highest BCUT2D eigenvalue weighted by Crippen LogP contribution is 2.42. The van der Waals surface area contributed by atoms with Crippen LogP contribution in [0.25, 0.3) is 0 Å². The molecule has 0 spiro atoms. The summed E-state index contributed by atoms with van der Waals surface area (Å²) in [6.45, 7) is 0. The van der Waals surface area contributed by atoms with Crippen molar-refractivity contribution in [2.45, 2.75) is 24.2 Å². The Morgan fingerprint density at radius 1 is 1.47 bits per heavy atom. The molecule has 1 saturated carbocycles. The average molecular weight is 279 g/mol. The van der Waals surface area contributed by atoms with Crippen LogP contribution in [-0.4, -0.2) is 23.2 Å². The van der Waals surface area contributed by atoms with E-state index in [0.717, 1.165) is 17.0 Å². The largest absolute Gasteiger partial charge is 0.409 e. The van der Waals surface area contributed by atoms with Gasteiger partial charge in [0.15, 0.2) is 5.84 Å². The maximum Gasteiger partial charge on any atom is 0.238 e. The smallest absolute Gasteiger partial charge is 0.238 e. The molecule has 0 atom stereocenters. The summed E-state index contributed by atoms with van der Waals surface area (Å²) in [7, 11) is 0. The molecule has 0 unspecified atom stereocenters. The number of para-hydroxylation sites is 1. The molecule has 19 heavy (non-hydrogen) atoms. The van der Waals surface area contributed by atoms with Crippen molar-refractivity contribution in [1.29, 1.82) is 0 Å². The summed E-state index contributed by atoms with van der Waals surface area (Å²) in [6, 6.07) is 7.58. The van der Waals surface area contributed by atoms with Crippen LogP contribution in [-0.2, 0) is 4.79 Å². The van der Waals surface area contributed by atoms with Gasteiger partial charge < -0.3 is 16.3 Å². The molecule has 0 aliphatic heterocycles. The fourth-order valence-electron chi connectivity index (χ4n) is 2.22. The van der Waals surface area contributed by atoms with Crippen LogP contribution in [0.15, 0.2) is 34.3 Å². The van der Waals surface area contributed by atoms with E-state index >= 15 is 0 Å². The molecule has 1 fully saturated rings. The predicted octanol–water partition coefficient (Wildman–Crippen LogP) is 2.26. The predicted molar refractivity (Wildman–Crippen MR) is 76.5 cm³/mol. The van der Waals surface area contributed by atoms with Gasteiger partial charge in [0.1, 0.15) is 5.41 Å². The van der Waals surface area contributed by atoms with Crippen molar-refractivity contribution in [3.63, 3.8) is 0 Å². The van der Waals surface area contributed by atoms with Crippen LogP contribution < -0.4 is 11.1 Å². The highest BCUT2D eigenvalue weighted by Gasteiger charge is 2.48. The van der Waals surface area contributed by atoms with Crippen LogP contribution in [0.3, 0.4) is 0 Å². The second-order valence-corrected chi connectivity index (χ2v) is 5.42. The number of nitrogens with zero attached hydrogens (tertiary/aromatic N) is 1. The Balaban J connectivity index is 2.21. The molecular weight excluding hydrogens is 262 g/mol. The van der Waals surface area contributed by atoms with E-state index in [1.807, 2.05) is 30.5 Å². The monoisotopic (exact) mass is 279 g/mol. The first-order valence-corrected chi connectivity index (χ1v) is 7.29. The molecule has 6 heteroatoms. The number of hydrogen-bond donors (Lipinski definition) is 3. The van der Waals surface area contributed by atoms with Gasteiger partial charge in [0.2, 0.25) is 5.91 Å². The number of carbonyl (C=O) groups is 1. The molecule has 0 saturated heterocycles. The highest BCUT2D eigenvalue weighted by molar-refractivity contribution is 7.98. The van der Waals surface area contributed by atoms with Gasteiger partial charge in [-0.3, -0.25) is 4.79 Å². The topological polar surface area (TPSA) is 87.7 Å². The molecule has 0 heterocycles. The number of carbonyl (C=O) groups excluding carboxylic acids is 1. The van der Waals surface area contributed by atoms with E-state index in [0.29, 0.717) is 12.8 Å². The lowest BCUT2D eigenvalue weighted by Gasteiger charge is -2.38. The van der Waals surface area contributed by atoms with Gasteiger partial charge in [-0.2, -0.15) is 0 Å². The van der Waals surface area contributed by atoms with Crippen LogP contribution in [0.5, 0.6) is 0 Å². The maximum atomic E-state index is 12.4. The molecule has 1 aliphatic rings. The van der Waals surface area contributed by atoms with E-state index in [-0.39, 0.29) is 11.7 Å². The summed E-state index contributed by atoms with van der Waals surface area (Å²) in [4.78, 5) is 13.4. The third-order valence-electron chi connectivity index (χ3n) is 3.59. The van der Waals surface area contributed by atoms with E-state index in [9.17, 15) is 4.79 Å². The van der Waals surface area contributed by atoms with Crippen molar-refractivity contribution >= 4 is 29.2 Å². The minimum Gasteiger partial charge on any atom is -0.409 e. The Kier molecular flexibility index (Phi) is 3.99. The molecule has 4 N–H and O–H groups in total. The van der Waals surface area contributed by atoms with Crippen molar-refractivity contribution in [3.8, 4) is 0 Å². The van der Waals surface area contributed by atoms with Crippen LogP contribution >= 0.6 is 11.8 Å². The summed E-state index contributed by atoms with van der Waals surface area (Å²) in [5.41, 5.74) is 5.59. The van der Waals surface area contributed by atoms with Gasteiger partial charge in [-0.1, -0.05) is 23.7 Å². The molecule has 1 aromatic carbocycles. The molecule has 1 aromatic rings. The zero-order valence-corrected chi connectivity index (χ0v) is 11.5. The van der Waals surface area contributed by atoms with Crippen LogP contribution in [0.1, 0.15) is 19.3 Å². The SMILES string of the molecule is CSc1ccccc1NC(=O)C1(/C(N)=N/O)CCC1. The summed E-state index contributed by atoms with van der Waals surface area (Å²) in [5.74, 6) is -0.201. The molecule has 1 aliphatic carbocycles. The number of amides is 1. The quantitative estimate of drug-likeness (QED) is 0.259. The number of amidine groups is 1. The van der Waals surface area contributed by atoms with Crippen molar-refractivity contribution in [2.75, 3.05) is 11.6 Å². The lowest BCUT2D eigenvalue weighted by atomic mass is 9.67. The number of benzene rings is 1. The van der Waals surface area contributed by atoms with E-state index in [1.165, 1.54) is 0 Å². The Morgan fingerprint density at radius 2 is 2.16 bits per heavy atom. The summed E-state index contributed by atoms with van der Waals surface area (Å²) >= 11 is 1.56. The van der Waals surface area contributed by atoms with Crippen LogP contribution in [0.4, 0.5) is 5.69 Å². The van der Waals surface area contributed by atoms with Gasteiger partial charge in [-0.05, 0) is 31.2 Å². The molecular formula is C13H17N3O2S. The molecule has 2 rings (SSSR count). The summed E-state index contributed by atoms with van der Waals surface area (Å²) in [5, 5.41) is 14.7. The molecule has 0 bridgehead atoms. The lowest BCUT2D eigenvalue weighted by molar-refractivity contribution is -0.125. The number of thioether (sulfide) groups is 1. The van der Waals surface area contributed by atoms with E-state index in [1.54, 1.807) is 11.8 Å². The number of nitrogens with two attached hydrogens (primary N) is 1. The maximum absolute atomic E-state index is 12.4. The third-order valence-corrected chi connectivity index (χ3v) is 4.39. The molecule has 0 radical (unpaired) electrons. The van der Waals surface area contributed by atoms with Gasteiger partial charge >= 0.3 is 0 Å². The normalized spacial score (nSPS) is 17.6. The van der Waals surface area contributed by atoms with Crippen LogP contribution in [0.2, 0.25) is 0 Å². The molecule has 5 nitrogen and oxygen atoms in total. The van der Waals surface area contributed by atoms with Crippen molar-refractivity contribution in [3.05, 3.63) is 24.3 Å². The molecule has 0 aromatic heterocycles. The number of nitrogens with one attached hydrogen (secondary N) is 1. The van der Waals surface area contributed by atoms with Crippen molar-refractivity contribution in [1.82, 2.24) is 0 Å². The zero-order chi connectivity index (χ0) is 13.9. The molecule has 102 valence electrons. The Labute approximate surface area is 116 Å². The average Bonchev–Trinajstić information content (AvgIpc) is 2.37. The van der Waals surface area contributed by atoms with E-state index < -0.39 is 5.41 Å². The van der Waals surface area contributed by atoms with Crippen molar-refractivity contribution < 1.29 is 10.0 Å². The fourth-order valence-corrected chi connectivity index (χ4v) is 2.77.